The molecule has 0 bridgehead atoms. The molecule has 0 radical (unpaired) electrons. The number of unbranched alkanes of at least 4 members (excludes halogenated alkanes) is 1. The van der Waals surface area contributed by atoms with Crippen LogP contribution in [-0.2, 0) is 0 Å². The Morgan fingerprint density at radius 2 is 1.53 bits per heavy atom. The van der Waals surface area contributed by atoms with E-state index in [2.05, 4.69) is 48.2 Å². The average molecular weight is 252 g/mol. The van der Waals surface area contributed by atoms with Crippen LogP contribution in [-0.4, -0.2) is 11.4 Å². The van der Waals surface area contributed by atoms with Gasteiger partial charge in [0.25, 0.3) is 0 Å². The topological polar surface area (TPSA) is 3.01 Å². The maximum absolute atomic E-state index is 8.94. The molecule has 0 saturated carbocycles. The van der Waals surface area contributed by atoms with Crippen molar-refractivity contribution >= 4 is 0 Å². The van der Waals surface area contributed by atoms with Crippen LogP contribution in [0, 0.1) is 0 Å². The van der Waals surface area contributed by atoms with E-state index in [0.717, 1.165) is 18.5 Å². The number of rotatable bonds is 5. The van der Waals surface area contributed by atoms with E-state index in [4.69, 9.17) is 1.37 Å². The molecule has 1 heterocycles. The van der Waals surface area contributed by atoms with E-state index in [1.54, 1.807) is 0 Å². The zero-order valence-corrected chi connectivity index (χ0v) is 11.4. The standard InChI is InChI=1S/C18H21N/c1-2-3-14-19-17(15-10-6-4-7-11-15)18(19)16-12-8-5-9-13-16/h4-13,17-18H,2-3,14H2,1H3/t17-,18+,19?/i17D/m1/s1. The summed E-state index contributed by atoms with van der Waals surface area (Å²) >= 11 is 0. The van der Waals surface area contributed by atoms with Crippen molar-refractivity contribution in [1.82, 2.24) is 4.90 Å². The highest BCUT2D eigenvalue weighted by Gasteiger charge is 2.48. The lowest BCUT2D eigenvalue weighted by Gasteiger charge is -2.02. The van der Waals surface area contributed by atoms with Crippen molar-refractivity contribution in [2.45, 2.75) is 31.8 Å². The average Bonchev–Trinajstić information content (AvgIpc) is 3.13. The summed E-state index contributed by atoms with van der Waals surface area (Å²) < 4.78 is 8.94. The van der Waals surface area contributed by atoms with Gasteiger partial charge in [0.15, 0.2) is 0 Å². The Hall–Kier alpha value is -1.60. The van der Waals surface area contributed by atoms with E-state index in [9.17, 15) is 0 Å². The smallest absolute Gasteiger partial charge is 0.0552 e. The fourth-order valence-electron chi connectivity index (χ4n) is 2.72. The molecule has 0 spiro atoms. The molecule has 1 unspecified atom stereocenters. The zero-order valence-electron chi connectivity index (χ0n) is 12.4. The molecule has 98 valence electrons. The van der Waals surface area contributed by atoms with Gasteiger partial charge in [-0.2, -0.15) is 0 Å². The molecule has 0 aromatic heterocycles. The highest BCUT2D eigenvalue weighted by Crippen LogP contribution is 2.54. The second-order valence-corrected chi connectivity index (χ2v) is 5.11. The Morgan fingerprint density at radius 3 is 2.11 bits per heavy atom. The minimum atomic E-state index is -0.586. The largest absolute Gasteiger partial charge is 0.285 e. The first-order valence-electron chi connectivity index (χ1n) is 7.65. The Labute approximate surface area is 117 Å². The van der Waals surface area contributed by atoms with Gasteiger partial charge < -0.3 is 0 Å². The van der Waals surface area contributed by atoms with Crippen LogP contribution in [0.4, 0.5) is 0 Å². The number of benzene rings is 2. The van der Waals surface area contributed by atoms with Crippen LogP contribution in [0.1, 0.15) is 44.3 Å². The van der Waals surface area contributed by atoms with Gasteiger partial charge in [0.05, 0.1) is 13.4 Å². The van der Waals surface area contributed by atoms with Crippen LogP contribution in [0.5, 0.6) is 0 Å². The Bertz CT molecular complexity index is 554. The van der Waals surface area contributed by atoms with Crippen LogP contribution >= 0.6 is 0 Å². The summed E-state index contributed by atoms with van der Waals surface area (Å²) in [4.78, 5) is 2.31. The molecule has 0 N–H and O–H groups in total. The van der Waals surface area contributed by atoms with Crippen LogP contribution in [0.3, 0.4) is 0 Å². The van der Waals surface area contributed by atoms with Gasteiger partial charge in [-0.25, -0.2) is 0 Å². The molecule has 0 aliphatic carbocycles. The molecular weight excluding hydrogens is 230 g/mol. The van der Waals surface area contributed by atoms with Gasteiger partial charge in [-0.1, -0.05) is 74.0 Å². The van der Waals surface area contributed by atoms with E-state index in [1.165, 1.54) is 12.0 Å². The molecule has 3 atom stereocenters. The van der Waals surface area contributed by atoms with Gasteiger partial charge in [0.1, 0.15) is 0 Å². The lowest BCUT2D eigenvalue weighted by Crippen LogP contribution is -2.01. The lowest BCUT2D eigenvalue weighted by atomic mass is 10.0. The van der Waals surface area contributed by atoms with E-state index in [1.807, 2.05) is 24.3 Å². The number of nitrogens with zero attached hydrogens (tertiary/aromatic N) is 1. The van der Waals surface area contributed by atoms with E-state index in [0.29, 0.717) is 0 Å². The van der Waals surface area contributed by atoms with Crippen LogP contribution < -0.4 is 0 Å². The molecule has 1 nitrogen and oxygen atoms in total. The minimum Gasteiger partial charge on any atom is -0.285 e. The summed E-state index contributed by atoms with van der Waals surface area (Å²) in [5, 5.41) is 0. The summed E-state index contributed by atoms with van der Waals surface area (Å²) in [5.41, 5.74) is 2.35. The van der Waals surface area contributed by atoms with E-state index >= 15 is 0 Å². The van der Waals surface area contributed by atoms with Crippen LogP contribution in [0.15, 0.2) is 60.7 Å². The predicted molar refractivity (Wildman–Crippen MR) is 80.0 cm³/mol. The number of hydrogen-bond acceptors (Lipinski definition) is 1. The van der Waals surface area contributed by atoms with Gasteiger partial charge in [0, 0.05) is 0 Å². The SMILES string of the molecule is [2H][C@@]1(c2ccccc2)[C@H](c2ccccc2)N1CCCC. The van der Waals surface area contributed by atoms with Crippen molar-refractivity contribution in [2.75, 3.05) is 6.54 Å². The molecule has 1 aliphatic rings. The molecule has 2 aromatic rings. The van der Waals surface area contributed by atoms with Gasteiger partial charge in [-0.3, -0.25) is 4.90 Å². The summed E-state index contributed by atoms with van der Waals surface area (Å²) in [6, 6.07) is 20.3. The van der Waals surface area contributed by atoms with Crippen molar-refractivity contribution in [3.05, 3.63) is 71.8 Å². The first-order chi connectivity index (χ1) is 9.78. The zero-order chi connectivity index (χ0) is 14.0. The Balaban J connectivity index is 1.92. The first-order valence-corrected chi connectivity index (χ1v) is 7.15. The monoisotopic (exact) mass is 252 g/mol. The molecular formula is C18H21N. The van der Waals surface area contributed by atoms with Crippen molar-refractivity contribution in [2.24, 2.45) is 0 Å². The predicted octanol–water partition coefficient (Wildman–Crippen LogP) is 4.58. The Morgan fingerprint density at radius 1 is 0.947 bits per heavy atom. The lowest BCUT2D eigenvalue weighted by molar-refractivity contribution is 0.467. The van der Waals surface area contributed by atoms with Crippen molar-refractivity contribution in [3.8, 4) is 0 Å². The van der Waals surface area contributed by atoms with E-state index < -0.39 is 6.02 Å². The normalized spacial score (nSPS) is 29.8. The summed E-state index contributed by atoms with van der Waals surface area (Å²) in [7, 11) is 0. The second kappa shape index (κ2) is 5.58. The third-order valence-electron chi connectivity index (χ3n) is 3.75. The highest BCUT2D eigenvalue weighted by molar-refractivity contribution is 5.34. The molecule has 1 fully saturated rings. The van der Waals surface area contributed by atoms with Gasteiger partial charge >= 0.3 is 0 Å². The quantitative estimate of drug-likeness (QED) is 0.704. The molecule has 19 heavy (non-hydrogen) atoms. The van der Waals surface area contributed by atoms with Crippen molar-refractivity contribution in [1.29, 1.82) is 0 Å². The van der Waals surface area contributed by atoms with Crippen LogP contribution in [0.25, 0.3) is 0 Å². The van der Waals surface area contributed by atoms with Crippen molar-refractivity contribution < 1.29 is 1.37 Å². The van der Waals surface area contributed by atoms with Crippen LogP contribution in [0.2, 0.25) is 0 Å². The van der Waals surface area contributed by atoms with Gasteiger partial charge in [0.2, 0.25) is 0 Å². The second-order valence-electron chi connectivity index (χ2n) is 5.11. The fourth-order valence-corrected chi connectivity index (χ4v) is 2.72. The summed E-state index contributed by atoms with van der Waals surface area (Å²) in [5.74, 6) is 0. The summed E-state index contributed by atoms with van der Waals surface area (Å²) in [6.45, 7) is 3.20. The maximum atomic E-state index is 8.94. The summed E-state index contributed by atoms with van der Waals surface area (Å²) in [6.07, 6.45) is 2.32. The maximum Gasteiger partial charge on any atom is 0.0552 e. The minimum absolute atomic E-state index is 0.192. The molecule has 1 aliphatic heterocycles. The van der Waals surface area contributed by atoms with Gasteiger partial charge in [-0.05, 0) is 24.1 Å². The first kappa shape index (κ1) is 11.2. The molecule has 0 amide bonds. The number of hydrogen-bond donors (Lipinski definition) is 0. The van der Waals surface area contributed by atoms with Crippen molar-refractivity contribution in [3.63, 3.8) is 0 Å². The van der Waals surface area contributed by atoms with E-state index in [-0.39, 0.29) is 6.04 Å². The highest BCUT2D eigenvalue weighted by atomic mass is 15.3. The third-order valence-corrected chi connectivity index (χ3v) is 3.75. The Kier molecular flexibility index (Phi) is 3.30. The van der Waals surface area contributed by atoms with Gasteiger partial charge in [-0.15, -0.1) is 0 Å². The third kappa shape index (κ3) is 2.57. The molecule has 1 saturated heterocycles. The molecule has 3 rings (SSSR count). The molecule has 2 aromatic carbocycles. The molecule has 1 heteroatoms. The fraction of sp³-hybridized carbons (Fsp3) is 0.333.